The van der Waals surface area contributed by atoms with Crippen LogP contribution in [0, 0.1) is 5.92 Å². The largest absolute Gasteiger partial charge is 0.330 e. The van der Waals surface area contributed by atoms with Gasteiger partial charge in [0, 0.05) is 5.92 Å². The van der Waals surface area contributed by atoms with Gasteiger partial charge in [-0.05, 0) is 26.3 Å². The van der Waals surface area contributed by atoms with Gasteiger partial charge >= 0.3 is 0 Å². The Morgan fingerprint density at radius 2 is 1.25 bits per heavy atom. The van der Waals surface area contributed by atoms with Gasteiger partial charge in [0.15, 0.2) is 0 Å². The second kappa shape index (κ2) is 15.0. The van der Waals surface area contributed by atoms with Gasteiger partial charge in [0.05, 0.1) is 0 Å². The van der Waals surface area contributed by atoms with Gasteiger partial charge in [0.25, 0.3) is 0 Å². The summed E-state index contributed by atoms with van der Waals surface area (Å²) in [5.41, 5.74) is 5.54. The third-order valence-corrected chi connectivity index (χ3v) is 4.25. The maximum Gasteiger partial charge on any atom is 0.132 e. The number of ketones is 1. The van der Waals surface area contributed by atoms with Crippen molar-refractivity contribution in [3.8, 4) is 0 Å². The van der Waals surface area contributed by atoms with E-state index in [1.54, 1.807) is 6.92 Å². The molecule has 0 aromatic rings. The summed E-state index contributed by atoms with van der Waals surface area (Å²) in [4.78, 5) is 11.4. The van der Waals surface area contributed by atoms with E-state index < -0.39 is 0 Å². The van der Waals surface area contributed by atoms with E-state index in [9.17, 15) is 4.79 Å². The number of hydrogen-bond donors (Lipinski definition) is 1. The third kappa shape index (κ3) is 12.7. The zero-order valence-electron chi connectivity index (χ0n) is 14.0. The van der Waals surface area contributed by atoms with Gasteiger partial charge < -0.3 is 5.73 Å². The molecule has 0 saturated carbocycles. The normalized spacial score (nSPS) is 12.6. The van der Waals surface area contributed by atoms with Crippen LogP contribution in [0.2, 0.25) is 0 Å². The van der Waals surface area contributed by atoms with Crippen molar-refractivity contribution in [3.05, 3.63) is 0 Å². The van der Waals surface area contributed by atoms with Crippen LogP contribution in [0.5, 0.6) is 0 Å². The Bertz CT molecular complexity index is 215. The fourth-order valence-electron chi connectivity index (χ4n) is 2.81. The number of hydrogen-bond acceptors (Lipinski definition) is 2. The summed E-state index contributed by atoms with van der Waals surface area (Å²) < 4.78 is 0. The van der Waals surface area contributed by atoms with Crippen LogP contribution in [0.15, 0.2) is 0 Å². The Morgan fingerprint density at radius 1 is 0.800 bits per heavy atom. The molecule has 2 heteroatoms. The first-order valence-corrected chi connectivity index (χ1v) is 8.92. The first-order valence-electron chi connectivity index (χ1n) is 8.92. The molecule has 0 heterocycles. The quantitative estimate of drug-likeness (QED) is 0.418. The number of unbranched alkanes of at least 4 members (excludes halogenated alkanes) is 10. The molecule has 120 valence electrons. The van der Waals surface area contributed by atoms with Gasteiger partial charge in [-0.2, -0.15) is 0 Å². The molecular weight excluding hydrogens is 246 g/mol. The molecule has 2 nitrogen and oxygen atoms in total. The highest BCUT2D eigenvalue weighted by atomic mass is 16.1. The Balaban J connectivity index is 3.25. The van der Waals surface area contributed by atoms with Crippen molar-refractivity contribution in [2.45, 2.75) is 97.3 Å². The molecule has 0 fully saturated rings. The molecule has 0 aliphatic heterocycles. The molecule has 0 aromatic carbocycles. The lowest BCUT2D eigenvalue weighted by molar-refractivity contribution is -0.121. The Hall–Kier alpha value is -0.370. The predicted molar refractivity (Wildman–Crippen MR) is 88.9 cm³/mol. The molecule has 1 unspecified atom stereocenters. The van der Waals surface area contributed by atoms with Crippen molar-refractivity contribution in [1.29, 1.82) is 0 Å². The lowest BCUT2D eigenvalue weighted by Gasteiger charge is -2.11. The van der Waals surface area contributed by atoms with E-state index in [2.05, 4.69) is 6.92 Å². The van der Waals surface area contributed by atoms with Crippen LogP contribution >= 0.6 is 0 Å². The number of nitrogens with two attached hydrogens (primary N) is 1. The Kier molecular flexibility index (Phi) is 14.7. The Morgan fingerprint density at radius 3 is 1.65 bits per heavy atom. The maximum absolute atomic E-state index is 11.4. The van der Waals surface area contributed by atoms with E-state index in [4.69, 9.17) is 5.73 Å². The van der Waals surface area contributed by atoms with Crippen LogP contribution in [-0.2, 0) is 4.79 Å². The highest BCUT2D eigenvalue weighted by Crippen LogP contribution is 2.16. The first-order chi connectivity index (χ1) is 9.72. The number of carbonyl (C=O) groups is 1. The van der Waals surface area contributed by atoms with Gasteiger partial charge in [-0.3, -0.25) is 4.79 Å². The molecule has 0 saturated heterocycles. The topological polar surface area (TPSA) is 43.1 Å². The first kappa shape index (κ1) is 19.6. The summed E-state index contributed by atoms with van der Waals surface area (Å²) in [6, 6.07) is 0. The molecule has 0 radical (unpaired) electrons. The molecule has 0 rings (SSSR count). The third-order valence-electron chi connectivity index (χ3n) is 4.25. The molecule has 0 spiro atoms. The highest BCUT2D eigenvalue weighted by Gasteiger charge is 2.12. The highest BCUT2D eigenvalue weighted by molar-refractivity contribution is 5.78. The summed E-state index contributed by atoms with van der Waals surface area (Å²) in [6.07, 6.45) is 16.9. The zero-order valence-corrected chi connectivity index (χ0v) is 14.0. The fraction of sp³-hybridized carbons (Fsp3) is 0.944. The molecule has 0 aromatic heterocycles. The minimum atomic E-state index is 0.221. The van der Waals surface area contributed by atoms with E-state index in [-0.39, 0.29) is 5.92 Å². The van der Waals surface area contributed by atoms with Crippen molar-refractivity contribution < 1.29 is 4.79 Å². The molecular formula is C18H37NO. The van der Waals surface area contributed by atoms with Crippen LogP contribution in [0.3, 0.4) is 0 Å². The summed E-state index contributed by atoms with van der Waals surface area (Å²) in [5, 5.41) is 0. The van der Waals surface area contributed by atoms with Crippen molar-refractivity contribution >= 4 is 5.78 Å². The number of rotatable bonds is 15. The average molecular weight is 283 g/mol. The molecule has 0 aliphatic carbocycles. The monoisotopic (exact) mass is 283 g/mol. The van der Waals surface area contributed by atoms with Crippen LogP contribution in [0.4, 0.5) is 0 Å². The molecule has 0 aliphatic rings. The van der Waals surface area contributed by atoms with Crippen molar-refractivity contribution in [1.82, 2.24) is 0 Å². The standard InChI is InChI=1S/C18H37NO/c1-3-4-5-6-7-8-9-10-11-12-13-14-18(15-16-19)17(2)20/h18H,3-16,19H2,1-2H3. The number of Topliss-reactive ketones (excluding diaryl/α,β-unsaturated/α-hetero) is 1. The zero-order chi connectivity index (χ0) is 15.1. The number of carbonyl (C=O) groups excluding carboxylic acids is 1. The minimum Gasteiger partial charge on any atom is -0.330 e. The lowest BCUT2D eigenvalue weighted by atomic mass is 9.94. The molecule has 1 atom stereocenters. The van der Waals surface area contributed by atoms with Crippen molar-refractivity contribution in [2.75, 3.05) is 6.54 Å². The predicted octanol–water partition coefficient (Wildman–Crippen LogP) is 5.24. The summed E-state index contributed by atoms with van der Waals surface area (Å²) in [6.45, 7) is 4.62. The molecule has 2 N–H and O–H groups in total. The van der Waals surface area contributed by atoms with E-state index in [1.807, 2.05) is 0 Å². The smallest absolute Gasteiger partial charge is 0.132 e. The SMILES string of the molecule is CCCCCCCCCCCCCC(CCN)C(C)=O. The van der Waals surface area contributed by atoms with Crippen LogP contribution < -0.4 is 5.73 Å². The van der Waals surface area contributed by atoms with Crippen LogP contribution in [0.25, 0.3) is 0 Å². The van der Waals surface area contributed by atoms with Crippen LogP contribution in [0.1, 0.15) is 97.3 Å². The van der Waals surface area contributed by atoms with Crippen molar-refractivity contribution in [2.24, 2.45) is 11.7 Å². The van der Waals surface area contributed by atoms with Crippen molar-refractivity contribution in [3.63, 3.8) is 0 Å². The van der Waals surface area contributed by atoms with E-state index in [0.717, 1.165) is 12.8 Å². The summed E-state index contributed by atoms with van der Waals surface area (Å²) in [5.74, 6) is 0.543. The molecule has 0 bridgehead atoms. The van der Waals surface area contributed by atoms with E-state index in [1.165, 1.54) is 70.6 Å². The van der Waals surface area contributed by atoms with Gasteiger partial charge in [-0.15, -0.1) is 0 Å². The second-order valence-corrected chi connectivity index (χ2v) is 6.21. The maximum atomic E-state index is 11.4. The second-order valence-electron chi connectivity index (χ2n) is 6.21. The van der Waals surface area contributed by atoms with Gasteiger partial charge in [-0.1, -0.05) is 77.6 Å². The minimum absolute atomic E-state index is 0.221. The van der Waals surface area contributed by atoms with Gasteiger partial charge in [0.1, 0.15) is 5.78 Å². The average Bonchev–Trinajstić information content (AvgIpc) is 2.43. The fourth-order valence-corrected chi connectivity index (χ4v) is 2.81. The van der Waals surface area contributed by atoms with Crippen LogP contribution in [-0.4, -0.2) is 12.3 Å². The summed E-state index contributed by atoms with van der Waals surface area (Å²) >= 11 is 0. The van der Waals surface area contributed by atoms with E-state index >= 15 is 0 Å². The van der Waals surface area contributed by atoms with Gasteiger partial charge in [-0.25, -0.2) is 0 Å². The molecule has 20 heavy (non-hydrogen) atoms. The Labute approximate surface area is 126 Å². The van der Waals surface area contributed by atoms with E-state index in [0.29, 0.717) is 12.3 Å². The summed E-state index contributed by atoms with van der Waals surface area (Å²) in [7, 11) is 0. The molecule has 0 amide bonds. The van der Waals surface area contributed by atoms with Gasteiger partial charge in [0.2, 0.25) is 0 Å². The lowest BCUT2D eigenvalue weighted by Crippen LogP contribution is -2.15.